The van der Waals surface area contributed by atoms with Crippen molar-refractivity contribution < 1.29 is 14.3 Å². The summed E-state index contributed by atoms with van der Waals surface area (Å²) < 4.78 is 5.04. The van der Waals surface area contributed by atoms with Crippen molar-refractivity contribution in [2.24, 2.45) is 5.10 Å². The molecule has 0 aliphatic carbocycles. The van der Waals surface area contributed by atoms with E-state index in [1.54, 1.807) is 6.08 Å². The third-order valence-electron chi connectivity index (χ3n) is 2.85. The molecule has 0 atom stereocenters. The normalized spacial score (nSPS) is 15.2. The quantitative estimate of drug-likeness (QED) is 0.471. The van der Waals surface area contributed by atoms with Crippen molar-refractivity contribution in [3.63, 3.8) is 0 Å². The van der Waals surface area contributed by atoms with Crippen LogP contribution in [0.1, 0.15) is 5.56 Å². The van der Waals surface area contributed by atoms with Crippen molar-refractivity contribution in [3.8, 4) is 0 Å². The lowest BCUT2D eigenvalue weighted by Crippen LogP contribution is -2.38. The minimum absolute atomic E-state index is 0.0148. The van der Waals surface area contributed by atoms with Crippen molar-refractivity contribution in [1.82, 2.24) is 15.6 Å². The van der Waals surface area contributed by atoms with Gasteiger partial charge in [0.25, 0.3) is 0 Å². The number of nitrogens with one attached hydrogen (secondary N) is 2. The molecule has 0 saturated carbocycles. The van der Waals surface area contributed by atoms with Gasteiger partial charge in [-0.05, 0) is 17.8 Å². The summed E-state index contributed by atoms with van der Waals surface area (Å²) in [7, 11) is 0. The standard InChI is InChI=1S/C15H16N4O3S2/c1-2-8-19-12(20)10-24-14(19)18-17-13(23)16-15(21)22-9-11-6-4-3-5-7-11/h2-7H,1,8-10H2,(H2,16,17,21,23)/b18-14-. The van der Waals surface area contributed by atoms with Crippen LogP contribution in [0, 0.1) is 0 Å². The molecular weight excluding hydrogens is 348 g/mol. The number of rotatable bonds is 5. The highest BCUT2D eigenvalue weighted by Crippen LogP contribution is 2.18. The highest BCUT2D eigenvalue weighted by atomic mass is 32.2. The molecule has 1 aromatic carbocycles. The van der Waals surface area contributed by atoms with Crippen LogP contribution in [0.2, 0.25) is 0 Å². The van der Waals surface area contributed by atoms with Crippen LogP contribution in [0.4, 0.5) is 4.79 Å². The Morgan fingerprint density at radius 2 is 2.21 bits per heavy atom. The second-order valence-electron chi connectivity index (χ2n) is 4.60. The fourth-order valence-corrected chi connectivity index (χ4v) is 2.75. The van der Waals surface area contributed by atoms with Gasteiger partial charge in [-0.15, -0.1) is 11.7 Å². The molecule has 0 unspecified atom stereocenters. The van der Waals surface area contributed by atoms with Crippen molar-refractivity contribution in [3.05, 3.63) is 48.6 Å². The number of amides is 2. The zero-order chi connectivity index (χ0) is 17.4. The Balaban J connectivity index is 1.78. The number of hydrogen-bond acceptors (Lipinski definition) is 6. The average molecular weight is 364 g/mol. The molecule has 0 bridgehead atoms. The summed E-state index contributed by atoms with van der Waals surface area (Å²) in [6.07, 6.45) is 0.922. The Kier molecular flexibility index (Phi) is 6.76. The van der Waals surface area contributed by atoms with Gasteiger partial charge in [0.2, 0.25) is 5.91 Å². The van der Waals surface area contributed by atoms with E-state index in [0.29, 0.717) is 17.5 Å². The number of hydrazone groups is 1. The van der Waals surface area contributed by atoms with Gasteiger partial charge in [-0.3, -0.25) is 20.4 Å². The minimum atomic E-state index is -0.686. The molecule has 1 saturated heterocycles. The number of amidine groups is 1. The van der Waals surface area contributed by atoms with Crippen LogP contribution in [0.15, 0.2) is 48.1 Å². The molecule has 2 rings (SSSR count). The molecule has 7 nitrogen and oxygen atoms in total. The summed E-state index contributed by atoms with van der Waals surface area (Å²) in [4.78, 5) is 24.8. The Hall–Kier alpha value is -2.39. The van der Waals surface area contributed by atoms with Crippen molar-refractivity contribution >= 4 is 46.3 Å². The highest BCUT2D eigenvalue weighted by molar-refractivity contribution is 8.15. The molecule has 0 spiro atoms. The smallest absolute Gasteiger partial charge is 0.413 e. The second kappa shape index (κ2) is 9.04. The SMILES string of the molecule is C=CCN1C(=O)CS/C1=N\NC(=S)NC(=O)OCc1ccccc1. The molecule has 0 aromatic heterocycles. The molecule has 1 aliphatic heterocycles. The molecule has 1 heterocycles. The summed E-state index contributed by atoms with van der Waals surface area (Å²) in [5.74, 6) is 0.259. The number of thioether (sulfide) groups is 1. The molecule has 2 amide bonds. The molecule has 1 aliphatic rings. The van der Waals surface area contributed by atoms with E-state index in [4.69, 9.17) is 17.0 Å². The number of nitrogens with zero attached hydrogens (tertiary/aromatic N) is 2. The van der Waals surface area contributed by atoms with Gasteiger partial charge >= 0.3 is 6.09 Å². The first-order chi connectivity index (χ1) is 11.6. The van der Waals surface area contributed by atoms with Gasteiger partial charge in [-0.1, -0.05) is 48.2 Å². The predicted molar refractivity (Wildman–Crippen MR) is 97.3 cm³/mol. The molecule has 1 aromatic rings. The number of ether oxygens (including phenoxy) is 1. The van der Waals surface area contributed by atoms with E-state index >= 15 is 0 Å². The maximum absolute atomic E-state index is 11.6. The molecule has 24 heavy (non-hydrogen) atoms. The second-order valence-corrected chi connectivity index (χ2v) is 5.95. The van der Waals surface area contributed by atoms with Crippen molar-refractivity contribution in [2.45, 2.75) is 6.61 Å². The van der Waals surface area contributed by atoms with E-state index in [1.165, 1.54) is 16.7 Å². The van der Waals surface area contributed by atoms with Gasteiger partial charge in [0, 0.05) is 6.54 Å². The van der Waals surface area contributed by atoms with Gasteiger partial charge in [0.15, 0.2) is 10.3 Å². The van der Waals surface area contributed by atoms with E-state index < -0.39 is 6.09 Å². The Bertz CT molecular complexity index is 664. The minimum Gasteiger partial charge on any atom is -0.444 e. The fraction of sp³-hybridized carbons (Fsp3) is 0.200. The van der Waals surface area contributed by atoms with Crippen LogP contribution < -0.4 is 10.7 Å². The van der Waals surface area contributed by atoms with Crippen molar-refractivity contribution in [2.75, 3.05) is 12.3 Å². The number of carbonyl (C=O) groups excluding carboxylic acids is 2. The zero-order valence-corrected chi connectivity index (χ0v) is 14.4. The first-order valence-corrected chi connectivity index (χ1v) is 8.39. The number of hydrogen-bond donors (Lipinski definition) is 2. The van der Waals surface area contributed by atoms with E-state index in [1.807, 2.05) is 30.3 Å². The topological polar surface area (TPSA) is 83.0 Å². The Morgan fingerprint density at radius 3 is 2.92 bits per heavy atom. The fourth-order valence-electron chi connectivity index (χ4n) is 1.77. The lowest BCUT2D eigenvalue weighted by atomic mass is 10.2. The zero-order valence-electron chi connectivity index (χ0n) is 12.7. The molecule has 9 heteroatoms. The monoisotopic (exact) mass is 364 g/mol. The largest absolute Gasteiger partial charge is 0.444 e. The van der Waals surface area contributed by atoms with E-state index in [2.05, 4.69) is 22.4 Å². The van der Waals surface area contributed by atoms with E-state index in [-0.39, 0.29) is 17.6 Å². The number of thiocarbonyl (C=S) groups is 1. The third-order valence-corrected chi connectivity index (χ3v) is 4.00. The van der Waals surface area contributed by atoms with Gasteiger partial charge in [0.05, 0.1) is 5.75 Å². The lowest BCUT2D eigenvalue weighted by molar-refractivity contribution is -0.123. The molecule has 126 valence electrons. The van der Waals surface area contributed by atoms with Crippen LogP contribution in [0.25, 0.3) is 0 Å². The van der Waals surface area contributed by atoms with Gasteiger partial charge < -0.3 is 4.74 Å². The summed E-state index contributed by atoms with van der Waals surface area (Å²) in [5, 5.41) is 6.83. The predicted octanol–water partition coefficient (Wildman–Crippen LogP) is 1.82. The third kappa shape index (κ3) is 5.36. The van der Waals surface area contributed by atoms with Gasteiger partial charge in [0.1, 0.15) is 6.61 Å². The maximum Gasteiger partial charge on any atom is 0.413 e. The Morgan fingerprint density at radius 1 is 1.46 bits per heavy atom. The lowest BCUT2D eigenvalue weighted by Gasteiger charge is -2.13. The van der Waals surface area contributed by atoms with Crippen LogP contribution in [-0.4, -0.2) is 39.5 Å². The Labute approximate surface area is 149 Å². The number of carbonyl (C=O) groups is 2. The maximum atomic E-state index is 11.6. The molecule has 1 fully saturated rings. The van der Waals surface area contributed by atoms with E-state index in [0.717, 1.165) is 5.56 Å². The highest BCUT2D eigenvalue weighted by Gasteiger charge is 2.27. The molecule has 2 N–H and O–H groups in total. The van der Waals surface area contributed by atoms with Crippen molar-refractivity contribution in [1.29, 1.82) is 0 Å². The molecule has 0 radical (unpaired) electrons. The molecular formula is C15H16N4O3S2. The first-order valence-electron chi connectivity index (χ1n) is 6.99. The number of benzene rings is 1. The van der Waals surface area contributed by atoms with Crippen LogP contribution >= 0.6 is 24.0 Å². The summed E-state index contributed by atoms with van der Waals surface area (Å²) in [6, 6.07) is 9.28. The first kappa shape index (κ1) is 18.0. The van der Waals surface area contributed by atoms with Crippen LogP contribution in [0.3, 0.4) is 0 Å². The number of alkyl carbamates (subject to hydrolysis) is 1. The van der Waals surface area contributed by atoms with Gasteiger partial charge in [-0.2, -0.15) is 0 Å². The average Bonchev–Trinajstić information content (AvgIpc) is 2.93. The van der Waals surface area contributed by atoms with Crippen LogP contribution in [0.5, 0.6) is 0 Å². The summed E-state index contributed by atoms with van der Waals surface area (Å²) >= 11 is 6.24. The summed E-state index contributed by atoms with van der Waals surface area (Å²) in [5.41, 5.74) is 3.39. The summed E-state index contributed by atoms with van der Waals surface area (Å²) in [6.45, 7) is 4.10. The van der Waals surface area contributed by atoms with Gasteiger partial charge in [-0.25, -0.2) is 4.79 Å². The van der Waals surface area contributed by atoms with E-state index in [9.17, 15) is 9.59 Å². The van der Waals surface area contributed by atoms with Crippen LogP contribution in [-0.2, 0) is 16.1 Å².